The molecule has 0 N–H and O–H groups in total. The van der Waals surface area contributed by atoms with Crippen molar-refractivity contribution >= 4 is 33.7 Å². The smallest absolute Gasteiger partial charge is 0.260 e. The molecule has 2 aromatic rings. The van der Waals surface area contributed by atoms with Gasteiger partial charge in [0.05, 0.1) is 7.11 Å². The lowest BCUT2D eigenvalue weighted by Gasteiger charge is -2.18. The van der Waals surface area contributed by atoms with Crippen molar-refractivity contribution in [3.05, 3.63) is 64.1 Å². The molecule has 0 bridgehead atoms. The molecule has 0 saturated carbocycles. The minimum absolute atomic E-state index is 0.0163. The first-order valence-electron chi connectivity index (χ1n) is 9.05. The molecule has 0 radical (unpaired) electrons. The Bertz CT molecular complexity index is 842. The van der Waals surface area contributed by atoms with Crippen molar-refractivity contribution in [1.29, 1.82) is 0 Å². The van der Waals surface area contributed by atoms with Crippen molar-refractivity contribution in [3.8, 4) is 11.5 Å². The molecular weight excluding hydrogens is 422 g/mol. The highest BCUT2D eigenvalue weighted by Crippen LogP contribution is 2.24. The zero-order chi connectivity index (χ0) is 20.5. The van der Waals surface area contributed by atoms with Crippen LogP contribution >= 0.6 is 15.9 Å². The fraction of sp³-hybridized carbons (Fsp3) is 0.273. The first-order chi connectivity index (χ1) is 13.5. The third-order valence-corrected chi connectivity index (χ3v) is 4.72. The van der Waals surface area contributed by atoms with Crippen LogP contribution in [-0.2, 0) is 4.79 Å². The van der Waals surface area contributed by atoms with Crippen molar-refractivity contribution in [2.24, 2.45) is 0 Å². The van der Waals surface area contributed by atoms with E-state index in [-0.39, 0.29) is 18.3 Å². The maximum Gasteiger partial charge on any atom is 0.260 e. The van der Waals surface area contributed by atoms with Crippen molar-refractivity contribution in [3.63, 3.8) is 0 Å². The van der Waals surface area contributed by atoms with Gasteiger partial charge in [-0.1, -0.05) is 15.9 Å². The molecule has 0 aromatic heterocycles. The van der Waals surface area contributed by atoms with Crippen LogP contribution in [0.4, 0.5) is 0 Å². The number of hydrogen-bond donors (Lipinski definition) is 0. The maximum atomic E-state index is 12.4. The van der Waals surface area contributed by atoms with Gasteiger partial charge in [-0.2, -0.15) is 0 Å². The molecule has 5 nitrogen and oxygen atoms in total. The lowest BCUT2D eigenvalue weighted by molar-refractivity contribution is -0.132. The first kappa shape index (κ1) is 21.7. The summed E-state index contributed by atoms with van der Waals surface area (Å²) in [5.41, 5.74) is 1.34. The minimum atomic E-state index is -0.132. The summed E-state index contributed by atoms with van der Waals surface area (Å²) >= 11 is 3.41. The van der Waals surface area contributed by atoms with E-state index in [2.05, 4.69) is 15.9 Å². The van der Waals surface area contributed by atoms with E-state index in [0.29, 0.717) is 30.2 Å². The summed E-state index contributed by atoms with van der Waals surface area (Å²) in [7, 11) is 1.59. The average molecular weight is 446 g/mol. The summed E-state index contributed by atoms with van der Waals surface area (Å²) in [5, 5.41) is 0. The molecule has 1 amide bonds. The van der Waals surface area contributed by atoms with Gasteiger partial charge in [0.15, 0.2) is 12.4 Å². The Morgan fingerprint density at radius 2 is 1.75 bits per heavy atom. The number of methoxy groups -OCH3 is 1. The number of likely N-dealkylation sites (N-methyl/N-ethyl adjacent to an activating group) is 1. The number of rotatable bonds is 9. The number of nitrogens with zero attached hydrogens (tertiary/aromatic N) is 1. The van der Waals surface area contributed by atoms with Crippen LogP contribution in [0.5, 0.6) is 11.5 Å². The van der Waals surface area contributed by atoms with Crippen molar-refractivity contribution < 1.29 is 19.1 Å². The standard InChI is InChI=1S/C22H24BrNO4/c1-4-24(5-2)22(26)15-28-19-10-6-16(7-11-19)20(25)12-8-17-14-18(23)9-13-21(17)27-3/h6-14H,4-5,15H2,1-3H3/b12-8+. The van der Waals surface area contributed by atoms with Crippen LogP contribution in [0.25, 0.3) is 6.08 Å². The predicted molar refractivity (Wildman–Crippen MR) is 114 cm³/mol. The molecule has 0 spiro atoms. The Morgan fingerprint density at radius 3 is 2.36 bits per heavy atom. The highest BCUT2D eigenvalue weighted by molar-refractivity contribution is 9.10. The van der Waals surface area contributed by atoms with Crippen LogP contribution < -0.4 is 9.47 Å². The number of benzene rings is 2. The Labute approximate surface area is 174 Å². The van der Waals surface area contributed by atoms with Crippen LogP contribution in [0.1, 0.15) is 29.8 Å². The molecular formula is C22H24BrNO4. The van der Waals surface area contributed by atoms with Gasteiger partial charge in [0.25, 0.3) is 5.91 Å². The summed E-state index contributed by atoms with van der Waals surface area (Å²) in [6.07, 6.45) is 3.23. The van der Waals surface area contributed by atoms with Crippen LogP contribution in [0.15, 0.2) is 53.0 Å². The molecule has 2 rings (SSSR count). The molecule has 148 valence electrons. The fourth-order valence-electron chi connectivity index (χ4n) is 2.63. The normalized spacial score (nSPS) is 10.7. The number of carbonyl (C=O) groups is 2. The van der Waals surface area contributed by atoms with Gasteiger partial charge < -0.3 is 14.4 Å². The predicted octanol–water partition coefficient (Wildman–Crippen LogP) is 4.60. The van der Waals surface area contributed by atoms with E-state index in [1.54, 1.807) is 42.4 Å². The summed E-state index contributed by atoms with van der Waals surface area (Å²) in [4.78, 5) is 26.1. The molecule has 0 aliphatic heterocycles. The van der Waals surface area contributed by atoms with Crippen LogP contribution in [0.3, 0.4) is 0 Å². The fourth-order valence-corrected chi connectivity index (χ4v) is 3.00. The molecule has 0 aliphatic carbocycles. The molecule has 0 unspecified atom stereocenters. The van der Waals surface area contributed by atoms with E-state index in [1.165, 1.54) is 6.08 Å². The van der Waals surface area contributed by atoms with E-state index in [4.69, 9.17) is 9.47 Å². The van der Waals surface area contributed by atoms with E-state index in [1.807, 2.05) is 32.0 Å². The van der Waals surface area contributed by atoms with Crippen LogP contribution in [-0.4, -0.2) is 43.4 Å². The van der Waals surface area contributed by atoms with Gasteiger partial charge in [-0.3, -0.25) is 9.59 Å². The summed E-state index contributed by atoms with van der Waals surface area (Å²) in [5.74, 6) is 1.05. The monoisotopic (exact) mass is 445 g/mol. The third-order valence-electron chi connectivity index (χ3n) is 4.22. The molecule has 0 saturated heterocycles. The van der Waals surface area contributed by atoms with Crippen molar-refractivity contribution in [1.82, 2.24) is 4.90 Å². The zero-order valence-corrected chi connectivity index (χ0v) is 17.9. The molecule has 6 heteroatoms. The average Bonchev–Trinajstić information content (AvgIpc) is 2.71. The maximum absolute atomic E-state index is 12.4. The lowest BCUT2D eigenvalue weighted by atomic mass is 10.1. The first-order valence-corrected chi connectivity index (χ1v) is 9.84. The highest BCUT2D eigenvalue weighted by atomic mass is 79.9. The van der Waals surface area contributed by atoms with E-state index >= 15 is 0 Å². The van der Waals surface area contributed by atoms with Gasteiger partial charge in [0.2, 0.25) is 0 Å². The van der Waals surface area contributed by atoms with Gasteiger partial charge in [0.1, 0.15) is 11.5 Å². The number of amides is 1. The summed E-state index contributed by atoms with van der Waals surface area (Å²) < 4.78 is 11.7. The Hall–Kier alpha value is -2.60. The number of hydrogen-bond acceptors (Lipinski definition) is 4. The lowest BCUT2D eigenvalue weighted by Crippen LogP contribution is -2.34. The summed E-state index contributed by atoms with van der Waals surface area (Å²) in [6, 6.07) is 12.3. The minimum Gasteiger partial charge on any atom is -0.496 e. The molecule has 0 fully saturated rings. The number of halogens is 1. The largest absolute Gasteiger partial charge is 0.496 e. The second-order valence-corrected chi connectivity index (χ2v) is 6.88. The van der Waals surface area contributed by atoms with E-state index in [9.17, 15) is 9.59 Å². The van der Waals surface area contributed by atoms with Crippen molar-refractivity contribution in [2.45, 2.75) is 13.8 Å². The topological polar surface area (TPSA) is 55.8 Å². The van der Waals surface area contributed by atoms with Gasteiger partial charge in [0, 0.05) is 28.7 Å². The second-order valence-electron chi connectivity index (χ2n) is 5.96. The Balaban J connectivity index is 2.00. The zero-order valence-electron chi connectivity index (χ0n) is 16.3. The number of ether oxygens (including phenoxy) is 2. The number of allylic oxidation sites excluding steroid dienone is 1. The quantitative estimate of drug-likeness (QED) is 0.417. The summed E-state index contributed by atoms with van der Waals surface area (Å²) in [6.45, 7) is 5.15. The van der Waals surface area contributed by atoms with Gasteiger partial charge in [-0.25, -0.2) is 0 Å². The Kier molecular flexibility index (Phi) is 8.26. The second kappa shape index (κ2) is 10.7. The molecule has 0 aliphatic rings. The van der Waals surface area contributed by atoms with E-state index in [0.717, 1.165) is 10.0 Å². The highest BCUT2D eigenvalue weighted by Gasteiger charge is 2.10. The van der Waals surface area contributed by atoms with Gasteiger partial charge >= 0.3 is 0 Å². The molecule has 2 aromatic carbocycles. The number of ketones is 1. The molecule has 28 heavy (non-hydrogen) atoms. The number of carbonyl (C=O) groups excluding carboxylic acids is 2. The van der Waals surface area contributed by atoms with Crippen LogP contribution in [0, 0.1) is 0 Å². The van der Waals surface area contributed by atoms with Crippen LogP contribution in [0.2, 0.25) is 0 Å². The third kappa shape index (κ3) is 5.96. The molecule has 0 heterocycles. The van der Waals surface area contributed by atoms with Gasteiger partial charge in [-0.05, 0) is 68.5 Å². The van der Waals surface area contributed by atoms with Gasteiger partial charge in [-0.15, -0.1) is 0 Å². The van der Waals surface area contributed by atoms with E-state index < -0.39 is 0 Å². The van der Waals surface area contributed by atoms with Crippen molar-refractivity contribution in [2.75, 3.05) is 26.8 Å². The Morgan fingerprint density at radius 1 is 1.07 bits per heavy atom. The molecule has 0 atom stereocenters. The SMILES string of the molecule is CCN(CC)C(=O)COc1ccc(C(=O)/C=C/c2cc(Br)ccc2OC)cc1.